The fourth-order valence-corrected chi connectivity index (χ4v) is 2.85. The second-order valence-corrected chi connectivity index (χ2v) is 6.31. The number of aromatic nitrogens is 6. The summed E-state index contributed by atoms with van der Waals surface area (Å²) in [6.45, 7) is 3.91. The molecule has 0 aliphatic rings. The molecule has 0 saturated carbocycles. The lowest BCUT2D eigenvalue weighted by molar-refractivity contribution is 0.779. The van der Waals surface area contributed by atoms with Gasteiger partial charge in [-0.25, -0.2) is 9.67 Å². The average Bonchev–Trinajstić information content (AvgIpc) is 3.12. The molecular formula is C17H16ClN7. The van der Waals surface area contributed by atoms with Crippen LogP contribution >= 0.6 is 11.6 Å². The fraction of sp³-hybridized carbons (Fsp3) is 0.176. The summed E-state index contributed by atoms with van der Waals surface area (Å²) < 4.78 is 3.61. The van der Waals surface area contributed by atoms with Gasteiger partial charge in [0.05, 0.1) is 12.0 Å². The van der Waals surface area contributed by atoms with Gasteiger partial charge in [0.15, 0.2) is 11.5 Å². The lowest BCUT2D eigenvalue weighted by Gasteiger charge is -2.10. The topological polar surface area (TPSA) is 73.5 Å². The van der Waals surface area contributed by atoms with Crippen molar-refractivity contribution in [3.63, 3.8) is 0 Å². The molecule has 0 fully saturated rings. The highest BCUT2D eigenvalue weighted by molar-refractivity contribution is 6.30. The van der Waals surface area contributed by atoms with Crippen LogP contribution in [0.4, 0.5) is 11.5 Å². The Morgan fingerprint density at radius 3 is 2.52 bits per heavy atom. The number of fused-ring (bicyclic) bond motifs is 1. The zero-order chi connectivity index (χ0) is 17.6. The van der Waals surface area contributed by atoms with E-state index in [0.29, 0.717) is 22.4 Å². The van der Waals surface area contributed by atoms with Crippen LogP contribution < -0.4 is 5.32 Å². The van der Waals surface area contributed by atoms with E-state index < -0.39 is 0 Å². The van der Waals surface area contributed by atoms with Crippen molar-refractivity contribution in [2.45, 2.75) is 13.8 Å². The lowest BCUT2D eigenvalue weighted by atomic mass is 10.3. The second-order valence-electron chi connectivity index (χ2n) is 5.87. The van der Waals surface area contributed by atoms with Gasteiger partial charge in [-0.15, -0.1) is 0 Å². The quantitative estimate of drug-likeness (QED) is 0.609. The van der Waals surface area contributed by atoms with Crippen LogP contribution in [0.2, 0.25) is 5.02 Å². The molecule has 126 valence electrons. The molecule has 4 aromatic rings. The fourth-order valence-electron chi connectivity index (χ4n) is 2.73. The first-order chi connectivity index (χ1) is 12.0. The summed E-state index contributed by atoms with van der Waals surface area (Å²) >= 11 is 5.96. The summed E-state index contributed by atoms with van der Waals surface area (Å²) in [5.74, 6) is 1.14. The van der Waals surface area contributed by atoms with Crippen molar-refractivity contribution in [3.05, 3.63) is 53.1 Å². The van der Waals surface area contributed by atoms with Crippen molar-refractivity contribution < 1.29 is 0 Å². The maximum Gasteiger partial charge on any atom is 0.254 e. The Balaban J connectivity index is 1.87. The largest absolute Gasteiger partial charge is 0.338 e. The van der Waals surface area contributed by atoms with Gasteiger partial charge >= 0.3 is 0 Å². The van der Waals surface area contributed by atoms with Gasteiger partial charge in [-0.2, -0.15) is 15.1 Å². The number of hydrogen-bond acceptors (Lipinski definition) is 5. The van der Waals surface area contributed by atoms with Gasteiger partial charge < -0.3 is 9.88 Å². The van der Waals surface area contributed by atoms with Gasteiger partial charge in [0.25, 0.3) is 5.95 Å². The average molecular weight is 354 g/mol. The highest BCUT2D eigenvalue weighted by atomic mass is 35.5. The third-order valence-electron chi connectivity index (χ3n) is 3.87. The number of halogens is 1. The molecule has 3 heterocycles. The van der Waals surface area contributed by atoms with Crippen molar-refractivity contribution >= 4 is 34.3 Å². The molecule has 8 heteroatoms. The number of aryl methyl sites for hydroxylation is 3. The molecule has 0 spiro atoms. The van der Waals surface area contributed by atoms with Gasteiger partial charge in [0, 0.05) is 23.5 Å². The number of nitrogens with one attached hydrogen (secondary N) is 1. The van der Waals surface area contributed by atoms with E-state index in [2.05, 4.69) is 25.4 Å². The van der Waals surface area contributed by atoms with E-state index in [9.17, 15) is 0 Å². The lowest BCUT2D eigenvalue weighted by Crippen LogP contribution is -2.08. The van der Waals surface area contributed by atoms with Crippen molar-refractivity contribution in [1.29, 1.82) is 0 Å². The molecule has 0 saturated heterocycles. The molecule has 7 nitrogen and oxygen atoms in total. The number of imidazole rings is 1. The van der Waals surface area contributed by atoms with Crippen LogP contribution in [-0.2, 0) is 7.05 Å². The second kappa shape index (κ2) is 5.86. The summed E-state index contributed by atoms with van der Waals surface area (Å²) in [6, 6.07) is 9.43. The number of hydrogen-bond donors (Lipinski definition) is 1. The van der Waals surface area contributed by atoms with Crippen molar-refractivity contribution in [2.24, 2.45) is 7.05 Å². The Labute approximate surface area is 149 Å². The summed E-state index contributed by atoms with van der Waals surface area (Å²) in [4.78, 5) is 13.6. The van der Waals surface area contributed by atoms with Crippen LogP contribution in [-0.4, -0.2) is 29.3 Å². The Bertz CT molecular complexity index is 1060. The minimum Gasteiger partial charge on any atom is -0.338 e. The van der Waals surface area contributed by atoms with Crippen molar-refractivity contribution in [2.75, 3.05) is 5.32 Å². The van der Waals surface area contributed by atoms with Gasteiger partial charge in [0.1, 0.15) is 5.52 Å². The van der Waals surface area contributed by atoms with Crippen molar-refractivity contribution in [1.82, 2.24) is 29.3 Å². The third kappa shape index (κ3) is 2.83. The van der Waals surface area contributed by atoms with Crippen LogP contribution in [0, 0.1) is 13.8 Å². The Morgan fingerprint density at radius 1 is 1.08 bits per heavy atom. The molecule has 0 unspecified atom stereocenters. The van der Waals surface area contributed by atoms with E-state index in [1.54, 1.807) is 11.0 Å². The normalized spacial score (nSPS) is 11.2. The van der Waals surface area contributed by atoms with E-state index in [1.165, 1.54) is 0 Å². The zero-order valence-electron chi connectivity index (χ0n) is 14.0. The minimum atomic E-state index is 0.480. The number of rotatable bonds is 3. The van der Waals surface area contributed by atoms with E-state index in [1.807, 2.05) is 55.8 Å². The zero-order valence-corrected chi connectivity index (χ0v) is 14.8. The summed E-state index contributed by atoms with van der Waals surface area (Å²) in [7, 11) is 1.91. The van der Waals surface area contributed by atoms with Gasteiger partial charge in [-0.3, -0.25) is 0 Å². The molecule has 0 aliphatic heterocycles. The maximum atomic E-state index is 5.96. The van der Waals surface area contributed by atoms with Gasteiger partial charge in [0.2, 0.25) is 0 Å². The van der Waals surface area contributed by atoms with Crippen LogP contribution in [0.15, 0.2) is 36.7 Å². The Hall–Kier alpha value is -2.93. The van der Waals surface area contributed by atoms with Crippen molar-refractivity contribution in [3.8, 4) is 5.95 Å². The number of nitrogens with zero attached hydrogens (tertiary/aromatic N) is 6. The third-order valence-corrected chi connectivity index (χ3v) is 4.12. The summed E-state index contributed by atoms with van der Waals surface area (Å²) in [6.07, 6.45) is 1.72. The van der Waals surface area contributed by atoms with Crippen LogP contribution in [0.5, 0.6) is 0 Å². The molecular weight excluding hydrogens is 338 g/mol. The highest BCUT2D eigenvalue weighted by Gasteiger charge is 2.15. The number of benzene rings is 1. The van der Waals surface area contributed by atoms with E-state index in [4.69, 9.17) is 11.6 Å². The monoisotopic (exact) mass is 353 g/mol. The van der Waals surface area contributed by atoms with Crippen LogP contribution in [0.25, 0.3) is 17.1 Å². The van der Waals surface area contributed by atoms with Gasteiger partial charge in [-0.05, 0) is 44.2 Å². The molecule has 0 atom stereocenters. The Morgan fingerprint density at radius 2 is 1.84 bits per heavy atom. The first kappa shape index (κ1) is 15.6. The standard InChI is InChI=1S/C17H16ClN7/c1-10-8-11(2)25(23-10)17-21-15-14(24(3)9-19-15)16(22-17)20-13-6-4-12(18)5-7-13/h4-9H,1-3H3,(H,20,21,22). The predicted molar refractivity (Wildman–Crippen MR) is 97.6 cm³/mol. The highest BCUT2D eigenvalue weighted by Crippen LogP contribution is 2.25. The molecule has 1 N–H and O–H groups in total. The molecule has 25 heavy (non-hydrogen) atoms. The van der Waals surface area contributed by atoms with E-state index in [0.717, 1.165) is 22.6 Å². The molecule has 0 radical (unpaired) electrons. The predicted octanol–water partition coefficient (Wildman–Crippen LogP) is 3.56. The molecule has 3 aromatic heterocycles. The minimum absolute atomic E-state index is 0.480. The summed E-state index contributed by atoms with van der Waals surface area (Å²) in [5, 5.41) is 8.47. The first-order valence-corrected chi connectivity index (χ1v) is 8.14. The molecule has 4 rings (SSSR count). The van der Waals surface area contributed by atoms with E-state index in [-0.39, 0.29) is 0 Å². The summed E-state index contributed by atoms with van der Waals surface area (Å²) in [5.41, 5.74) is 4.18. The Kier molecular flexibility index (Phi) is 3.65. The SMILES string of the molecule is Cc1cc(C)n(-c2nc(Nc3ccc(Cl)cc3)c3c(ncn3C)n2)n1. The van der Waals surface area contributed by atoms with Crippen LogP contribution in [0.1, 0.15) is 11.4 Å². The maximum absolute atomic E-state index is 5.96. The van der Waals surface area contributed by atoms with E-state index >= 15 is 0 Å². The van der Waals surface area contributed by atoms with Crippen LogP contribution in [0.3, 0.4) is 0 Å². The number of anilines is 2. The molecule has 0 aliphatic carbocycles. The molecule has 0 amide bonds. The smallest absolute Gasteiger partial charge is 0.254 e. The molecule has 0 bridgehead atoms. The first-order valence-electron chi connectivity index (χ1n) is 7.76. The molecule has 1 aromatic carbocycles. The van der Waals surface area contributed by atoms with Gasteiger partial charge in [-0.1, -0.05) is 11.6 Å².